The molecule has 0 heterocycles. The first-order valence-corrected chi connectivity index (χ1v) is 14.0. The van der Waals surface area contributed by atoms with Crippen molar-refractivity contribution >= 4 is 34.7 Å². The molecule has 0 radical (unpaired) electrons. The first kappa shape index (κ1) is 25.0. The van der Waals surface area contributed by atoms with E-state index in [-0.39, 0.29) is 11.6 Å². The van der Waals surface area contributed by atoms with Crippen LogP contribution in [0.4, 0.5) is 0 Å². The molecule has 0 saturated carbocycles. The quantitative estimate of drug-likeness (QED) is 0.365. The van der Waals surface area contributed by atoms with Gasteiger partial charge in [0.25, 0.3) is 0 Å². The van der Waals surface area contributed by atoms with Crippen LogP contribution in [0.25, 0.3) is 0 Å². The highest BCUT2D eigenvalue weighted by atomic mass is 31.2. The summed E-state index contributed by atoms with van der Waals surface area (Å²) in [6, 6.07) is 31.3. The lowest BCUT2D eigenvalue weighted by molar-refractivity contribution is -0.116. The van der Waals surface area contributed by atoms with Crippen LogP contribution in [0, 0.1) is 0 Å². The van der Waals surface area contributed by atoms with E-state index in [0.717, 1.165) is 0 Å². The van der Waals surface area contributed by atoms with Crippen LogP contribution in [0.15, 0.2) is 113 Å². The number of benzene rings is 3. The fourth-order valence-electron chi connectivity index (χ4n) is 4.99. The van der Waals surface area contributed by atoms with Crippen LogP contribution in [0.1, 0.15) is 33.6 Å². The van der Waals surface area contributed by atoms with E-state index in [4.69, 9.17) is 0 Å². The van der Waals surface area contributed by atoms with Crippen LogP contribution in [-0.4, -0.2) is 28.9 Å². The van der Waals surface area contributed by atoms with Crippen molar-refractivity contribution in [3.63, 3.8) is 0 Å². The lowest BCUT2D eigenvalue weighted by Crippen LogP contribution is -2.37. The Morgan fingerprint density at radius 3 is 1.46 bits per heavy atom. The van der Waals surface area contributed by atoms with Crippen LogP contribution < -0.4 is 15.9 Å². The molecule has 0 saturated heterocycles. The summed E-state index contributed by atoms with van der Waals surface area (Å²) in [5, 5.41) is 15.1. The van der Waals surface area contributed by atoms with E-state index < -0.39 is 13.4 Å². The van der Waals surface area contributed by atoms with Gasteiger partial charge in [-0.15, -0.1) is 0 Å². The van der Waals surface area contributed by atoms with Gasteiger partial charge in [-0.25, -0.2) is 0 Å². The third-order valence-corrected chi connectivity index (χ3v) is 11.6. The predicted molar refractivity (Wildman–Crippen MR) is 146 cm³/mol. The zero-order chi connectivity index (χ0) is 25.0. The van der Waals surface area contributed by atoms with Gasteiger partial charge in [0.2, 0.25) is 0 Å². The van der Waals surface area contributed by atoms with Gasteiger partial charge < -0.3 is 5.11 Å². The summed E-state index contributed by atoms with van der Waals surface area (Å²) in [4.78, 5) is 25.5. The predicted octanol–water partition coefficient (Wildman–Crippen LogP) is 4.93. The molecule has 1 atom stereocenters. The van der Waals surface area contributed by atoms with Gasteiger partial charge in [0.15, 0.2) is 11.6 Å². The SMILES string of the molecule is CC1=C(C)C(=O)C(CCC(O)C[P+](c2ccccc2)(c2ccccc2)c2ccccc2)=C(C)C1=O. The van der Waals surface area contributed by atoms with Crippen LogP contribution in [0.3, 0.4) is 0 Å². The summed E-state index contributed by atoms with van der Waals surface area (Å²) in [6.45, 7) is 5.16. The number of rotatable bonds is 8. The van der Waals surface area contributed by atoms with Gasteiger partial charge in [0.1, 0.15) is 23.2 Å². The Bertz CT molecular complexity index is 1180. The van der Waals surface area contributed by atoms with Gasteiger partial charge in [-0.05, 0) is 70.0 Å². The van der Waals surface area contributed by atoms with Crippen molar-refractivity contribution in [2.45, 2.75) is 39.7 Å². The molecule has 0 aliphatic heterocycles. The van der Waals surface area contributed by atoms with Crippen LogP contribution in [-0.2, 0) is 9.59 Å². The maximum absolute atomic E-state index is 12.9. The van der Waals surface area contributed by atoms with E-state index in [1.165, 1.54) is 15.9 Å². The lowest BCUT2D eigenvalue weighted by atomic mass is 9.84. The highest BCUT2D eigenvalue weighted by Crippen LogP contribution is 2.56. The second kappa shape index (κ2) is 10.6. The molecule has 0 amide bonds. The van der Waals surface area contributed by atoms with Gasteiger partial charge >= 0.3 is 0 Å². The van der Waals surface area contributed by atoms with E-state index in [1.807, 2.05) is 18.2 Å². The smallest absolute Gasteiger partial charge is 0.185 e. The van der Waals surface area contributed by atoms with Crippen molar-refractivity contribution in [2.75, 3.05) is 6.16 Å². The second-order valence-corrected chi connectivity index (χ2v) is 12.7. The number of aliphatic hydroxyl groups is 1. The molecule has 0 fully saturated rings. The first-order valence-electron chi connectivity index (χ1n) is 12.1. The van der Waals surface area contributed by atoms with E-state index >= 15 is 0 Å². The summed E-state index contributed by atoms with van der Waals surface area (Å²) in [6.07, 6.45) is 0.736. The van der Waals surface area contributed by atoms with Crippen molar-refractivity contribution < 1.29 is 14.7 Å². The number of allylic oxidation sites excluding steroid dienone is 4. The summed E-state index contributed by atoms with van der Waals surface area (Å²) in [5.41, 5.74) is 2.10. The van der Waals surface area contributed by atoms with Crippen molar-refractivity contribution in [2.24, 2.45) is 0 Å². The molecule has 0 spiro atoms. The molecule has 4 heteroatoms. The number of carbonyl (C=O) groups excluding carboxylic acids is 2. The van der Waals surface area contributed by atoms with E-state index in [9.17, 15) is 14.7 Å². The molecule has 0 aromatic heterocycles. The Kier molecular flexibility index (Phi) is 7.60. The largest absolute Gasteiger partial charge is 0.389 e. The van der Waals surface area contributed by atoms with Crippen LogP contribution in [0.2, 0.25) is 0 Å². The summed E-state index contributed by atoms with van der Waals surface area (Å²) < 4.78 is 0. The Morgan fingerprint density at radius 2 is 1.03 bits per heavy atom. The summed E-state index contributed by atoms with van der Waals surface area (Å²) in [5.74, 6) is -0.131. The Morgan fingerprint density at radius 1 is 0.629 bits per heavy atom. The van der Waals surface area contributed by atoms with Crippen LogP contribution in [0.5, 0.6) is 0 Å². The number of carbonyl (C=O) groups is 2. The average Bonchev–Trinajstić information content (AvgIpc) is 2.91. The van der Waals surface area contributed by atoms with E-state index in [0.29, 0.717) is 41.3 Å². The molecular weight excluding hydrogens is 451 g/mol. The normalized spacial score (nSPS) is 15.5. The number of aliphatic hydroxyl groups excluding tert-OH is 1. The van der Waals surface area contributed by atoms with Gasteiger partial charge in [-0.1, -0.05) is 54.6 Å². The molecule has 1 N–H and O–H groups in total. The molecule has 1 unspecified atom stereocenters. The molecule has 178 valence electrons. The number of hydrogen-bond donors (Lipinski definition) is 1. The van der Waals surface area contributed by atoms with Crippen molar-refractivity contribution in [1.29, 1.82) is 0 Å². The van der Waals surface area contributed by atoms with E-state index in [2.05, 4.69) is 72.8 Å². The van der Waals surface area contributed by atoms with Crippen LogP contribution >= 0.6 is 7.26 Å². The molecular formula is C31H32O3P+. The molecule has 1 aliphatic carbocycles. The standard InChI is InChI=1S/C31H32O3P/c1-22-23(2)31(34)29(24(3)30(22)33)20-19-25(32)21-35(26-13-7-4-8-14-26,27-15-9-5-10-16-27)28-17-11-6-12-18-28/h4-18,25,32H,19-21H2,1-3H3/q+1. The topological polar surface area (TPSA) is 54.4 Å². The van der Waals surface area contributed by atoms with E-state index in [1.54, 1.807) is 20.8 Å². The fourth-order valence-corrected chi connectivity index (χ4v) is 9.37. The minimum Gasteiger partial charge on any atom is -0.389 e. The highest BCUT2D eigenvalue weighted by molar-refractivity contribution is 7.95. The zero-order valence-corrected chi connectivity index (χ0v) is 21.5. The number of Topliss-reactive ketones (excluding diaryl/α,β-unsaturated/α-hetero) is 2. The minimum atomic E-state index is -2.17. The molecule has 3 nitrogen and oxygen atoms in total. The van der Waals surface area contributed by atoms with Gasteiger partial charge in [-0.3, -0.25) is 9.59 Å². The maximum Gasteiger partial charge on any atom is 0.185 e. The Hall–Kier alpha value is -3.13. The fraction of sp³-hybridized carbons (Fsp3) is 0.226. The van der Waals surface area contributed by atoms with Gasteiger partial charge in [-0.2, -0.15) is 0 Å². The minimum absolute atomic E-state index is 0.0636. The molecule has 3 aromatic rings. The second-order valence-electron chi connectivity index (χ2n) is 9.20. The van der Waals surface area contributed by atoms with Crippen molar-refractivity contribution in [3.05, 3.63) is 113 Å². The third-order valence-electron chi connectivity index (χ3n) is 7.11. The molecule has 35 heavy (non-hydrogen) atoms. The lowest BCUT2D eigenvalue weighted by Gasteiger charge is -2.30. The van der Waals surface area contributed by atoms with Gasteiger partial charge in [0, 0.05) is 22.3 Å². The molecule has 3 aromatic carbocycles. The molecule has 1 aliphatic rings. The van der Waals surface area contributed by atoms with Gasteiger partial charge in [0.05, 0.1) is 12.3 Å². The van der Waals surface area contributed by atoms with Crippen molar-refractivity contribution in [1.82, 2.24) is 0 Å². The molecule has 0 bridgehead atoms. The summed E-state index contributed by atoms with van der Waals surface area (Å²) >= 11 is 0. The Labute approximate surface area is 208 Å². The number of ketones is 2. The zero-order valence-electron chi connectivity index (χ0n) is 20.6. The highest BCUT2D eigenvalue weighted by Gasteiger charge is 2.46. The average molecular weight is 484 g/mol. The maximum atomic E-state index is 12.9. The number of hydrogen-bond acceptors (Lipinski definition) is 3. The monoisotopic (exact) mass is 483 g/mol. The molecule has 4 rings (SSSR count). The summed E-state index contributed by atoms with van der Waals surface area (Å²) in [7, 11) is -2.17. The Balaban J connectivity index is 1.71. The third kappa shape index (κ3) is 4.85. The first-order chi connectivity index (χ1) is 16.9. The van der Waals surface area contributed by atoms with Crippen molar-refractivity contribution in [3.8, 4) is 0 Å².